The van der Waals surface area contributed by atoms with Gasteiger partial charge in [0.05, 0.1) is 5.69 Å². The van der Waals surface area contributed by atoms with Gasteiger partial charge in [-0.05, 0) is 13.0 Å². The molecule has 1 unspecified atom stereocenters. The second-order valence-electron chi connectivity index (χ2n) is 2.33. The maximum atomic E-state index is 10.3. The summed E-state index contributed by atoms with van der Waals surface area (Å²) in [5.41, 5.74) is 0.732. The van der Waals surface area contributed by atoms with E-state index < -0.39 is 12.1 Å². The summed E-state index contributed by atoms with van der Waals surface area (Å²) < 4.78 is 0. The number of aliphatic hydroxyl groups excluding tert-OH is 1. The Morgan fingerprint density at radius 2 is 2.25 bits per heavy atom. The van der Waals surface area contributed by atoms with Crippen LogP contribution in [0.1, 0.15) is 17.5 Å². The molecule has 0 aromatic carbocycles. The zero-order chi connectivity index (χ0) is 9.14. The Balaban J connectivity index is 2.95. The maximum absolute atomic E-state index is 10.3. The lowest BCUT2D eigenvalue weighted by molar-refractivity contribution is -0.147. The van der Waals surface area contributed by atoms with Crippen LogP contribution in [0.4, 0.5) is 0 Å². The van der Waals surface area contributed by atoms with Crippen LogP contribution in [-0.4, -0.2) is 26.2 Å². The molecular formula is C7H8N2O3. The summed E-state index contributed by atoms with van der Waals surface area (Å²) >= 11 is 0. The van der Waals surface area contributed by atoms with Crippen molar-refractivity contribution >= 4 is 5.97 Å². The molecule has 5 nitrogen and oxygen atoms in total. The molecule has 0 aliphatic carbocycles. The van der Waals surface area contributed by atoms with E-state index in [1.807, 2.05) is 0 Å². The van der Waals surface area contributed by atoms with Crippen molar-refractivity contribution in [3.63, 3.8) is 0 Å². The lowest BCUT2D eigenvalue weighted by atomic mass is 10.2. The Morgan fingerprint density at radius 3 is 2.75 bits per heavy atom. The van der Waals surface area contributed by atoms with Gasteiger partial charge < -0.3 is 10.2 Å². The minimum Gasteiger partial charge on any atom is -0.479 e. The number of rotatable bonds is 2. The van der Waals surface area contributed by atoms with Gasteiger partial charge in [-0.2, -0.15) is 0 Å². The topological polar surface area (TPSA) is 83.3 Å². The van der Waals surface area contributed by atoms with Crippen LogP contribution in [0, 0.1) is 6.92 Å². The first-order chi connectivity index (χ1) is 5.61. The van der Waals surface area contributed by atoms with Gasteiger partial charge in [-0.25, -0.2) is 14.8 Å². The van der Waals surface area contributed by atoms with E-state index in [4.69, 9.17) is 10.2 Å². The molecule has 0 saturated heterocycles. The Bertz CT molecular complexity index is 300. The predicted molar refractivity (Wildman–Crippen MR) is 39.4 cm³/mol. The molecule has 5 heteroatoms. The van der Waals surface area contributed by atoms with Crippen molar-refractivity contribution in [3.8, 4) is 0 Å². The minimum absolute atomic E-state index is 0.106. The van der Waals surface area contributed by atoms with E-state index in [9.17, 15) is 4.79 Å². The summed E-state index contributed by atoms with van der Waals surface area (Å²) in [6.07, 6.45) is -0.344. The molecule has 1 atom stereocenters. The van der Waals surface area contributed by atoms with Crippen molar-refractivity contribution in [1.82, 2.24) is 9.97 Å². The van der Waals surface area contributed by atoms with Gasteiger partial charge in [-0.15, -0.1) is 0 Å². The van der Waals surface area contributed by atoms with Crippen LogP contribution in [-0.2, 0) is 4.79 Å². The summed E-state index contributed by atoms with van der Waals surface area (Å²) in [6.45, 7) is 1.69. The van der Waals surface area contributed by atoms with E-state index in [1.54, 1.807) is 6.92 Å². The van der Waals surface area contributed by atoms with E-state index in [0.29, 0.717) is 5.69 Å². The standard InChI is InChI=1S/C7H8N2O3/c1-4-2-5(9-3-8-4)6(10)7(11)12/h2-3,6,10H,1H3,(H,11,12). The Morgan fingerprint density at radius 1 is 1.58 bits per heavy atom. The van der Waals surface area contributed by atoms with Crippen molar-refractivity contribution in [3.05, 3.63) is 23.8 Å². The summed E-state index contributed by atoms with van der Waals surface area (Å²) in [5, 5.41) is 17.4. The number of hydrogen-bond acceptors (Lipinski definition) is 4. The highest BCUT2D eigenvalue weighted by molar-refractivity contribution is 5.73. The van der Waals surface area contributed by atoms with E-state index in [1.165, 1.54) is 12.4 Å². The molecule has 64 valence electrons. The van der Waals surface area contributed by atoms with Crippen LogP contribution >= 0.6 is 0 Å². The molecule has 1 aromatic rings. The van der Waals surface area contributed by atoms with Crippen molar-refractivity contribution in [2.24, 2.45) is 0 Å². The number of aryl methyl sites for hydroxylation is 1. The summed E-state index contributed by atoms with van der Waals surface area (Å²) in [6, 6.07) is 1.43. The fraction of sp³-hybridized carbons (Fsp3) is 0.286. The Labute approximate surface area is 68.7 Å². The molecular weight excluding hydrogens is 160 g/mol. The molecule has 0 saturated carbocycles. The van der Waals surface area contributed by atoms with Gasteiger partial charge in [0.25, 0.3) is 0 Å². The normalized spacial score (nSPS) is 12.5. The summed E-state index contributed by atoms with van der Waals surface area (Å²) in [5.74, 6) is -1.31. The van der Waals surface area contributed by atoms with Gasteiger partial charge in [0.2, 0.25) is 0 Å². The van der Waals surface area contributed by atoms with Crippen LogP contribution in [0.3, 0.4) is 0 Å². The molecule has 0 spiro atoms. The Kier molecular flexibility index (Phi) is 2.35. The number of carboxylic acids is 1. The number of nitrogens with zero attached hydrogens (tertiary/aromatic N) is 2. The van der Waals surface area contributed by atoms with Crippen LogP contribution in [0.25, 0.3) is 0 Å². The van der Waals surface area contributed by atoms with Gasteiger partial charge >= 0.3 is 5.97 Å². The number of carboxylic acid groups (broad SMARTS) is 1. The van der Waals surface area contributed by atoms with E-state index in [0.717, 1.165) is 0 Å². The lowest BCUT2D eigenvalue weighted by Crippen LogP contribution is -2.12. The molecule has 2 N–H and O–H groups in total. The fourth-order valence-electron chi connectivity index (χ4n) is 0.751. The first kappa shape index (κ1) is 8.61. The fourth-order valence-corrected chi connectivity index (χ4v) is 0.751. The van der Waals surface area contributed by atoms with Crippen molar-refractivity contribution in [1.29, 1.82) is 0 Å². The lowest BCUT2D eigenvalue weighted by Gasteiger charge is -2.03. The highest BCUT2D eigenvalue weighted by Gasteiger charge is 2.16. The Hall–Kier alpha value is -1.49. The van der Waals surface area contributed by atoms with E-state index in [2.05, 4.69) is 9.97 Å². The molecule has 0 amide bonds. The average molecular weight is 168 g/mol. The number of hydrogen-bond donors (Lipinski definition) is 2. The monoisotopic (exact) mass is 168 g/mol. The highest BCUT2D eigenvalue weighted by Crippen LogP contribution is 2.09. The van der Waals surface area contributed by atoms with E-state index in [-0.39, 0.29) is 5.69 Å². The third-order valence-electron chi connectivity index (χ3n) is 1.34. The van der Waals surface area contributed by atoms with Gasteiger partial charge in [0, 0.05) is 5.69 Å². The molecule has 12 heavy (non-hydrogen) atoms. The average Bonchev–Trinajstić information content (AvgIpc) is 2.03. The van der Waals surface area contributed by atoms with Crippen LogP contribution < -0.4 is 0 Å². The van der Waals surface area contributed by atoms with Gasteiger partial charge in [0.1, 0.15) is 6.33 Å². The third kappa shape index (κ3) is 1.76. The van der Waals surface area contributed by atoms with Crippen LogP contribution in [0.15, 0.2) is 12.4 Å². The SMILES string of the molecule is Cc1cc(C(O)C(=O)O)ncn1. The first-order valence-electron chi connectivity index (χ1n) is 3.30. The summed E-state index contributed by atoms with van der Waals surface area (Å²) in [4.78, 5) is 17.7. The predicted octanol–water partition coefficient (Wildman–Crippen LogP) is -0.0970. The van der Waals surface area contributed by atoms with E-state index >= 15 is 0 Å². The molecule has 1 rings (SSSR count). The third-order valence-corrected chi connectivity index (χ3v) is 1.34. The van der Waals surface area contributed by atoms with Crippen molar-refractivity contribution in [2.75, 3.05) is 0 Å². The smallest absolute Gasteiger partial charge is 0.338 e. The number of aromatic nitrogens is 2. The van der Waals surface area contributed by atoms with Gasteiger partial charge in [-0.3, -0.25) is 0 Å². The number of aliphatic hydroxyl groups is 1. The molecule has 0 radical (unpaired) electrons. The number of aliphatic carboxylic acids is 1. The van der Waals surface area contributed by atoms with Crippen LogP contribution in [0.2, 0.25) is 0 Å². The molecule has 0 fully saturated rings. The van der Waals surface area contributed by atoms with Crippen molar-refractivity contribution in [2.45, 2.75) is 13.0 Å². The highest BCUT2D eigenvalue weighted by atomic mass is 16.4. The van der Waals surface area contributed by atoms with Crippen molar-refractivity contribution < 1.29 is 15.0 Å². The second kappa shape index (κ2) is 3.27. The molecule has 0 aliphatic heterocycles. The van der Waals surface area contributed by atoms with Gasteiger partial charge in [-0.1, -0.05) is 0 Å². The second-order valence-corrected chi connectivity index (χ2v) is 2.33. The van der Waals surface area contributed by atoms with Gasteiger partial charge in [0.15, 0.2) is 6.10 Å². The number of carbonyl (C=O) groups is 1. The first-order valence-corrected chi connectivity index (χ1v) is 3.30. The molecule has 1 aromatic heterocycles. The van der Waals surface area contributed by atoms with Crippen LogP contribution in [0.5, 0.6) is 0 Å². The zero-order valence-corrected chi connectivity index (χ0v) is 6.43. The maximum Gasteiger partial charge on any atom is 0.338 e. The summed E-state index contributed by atoms with van der Waals surface area (Å²) in [7, 11) is 0. The largest absolute Gasteiger partial charge is 0.479 e. The molecule has 0 bridgehead atoms. The quantitative estimate of drug-likeness (QED) is 0.644. The minimum atomic E-state index is -1.56. The molecule has 0 aliphatic rings. The zero-order valence-electron chi connectivity index (χ0n) is 6.43. The molecule has 1 heterocycles.